The zero-order chi connectivity index (χ0) is 29.5. The van der Waals surface area contributed by atoms with Crippen LogP contribution in [0.1, 0.15) is 38.0 Å². The van der Waals surface area contributed by atoms with Crippen LogP contribution < -0.4 is 5.43 Å². The van der Waals surface area contributed by atoms with Crippen molar-refractivity contribution in [1.29, 1.82) is 0 Å². The molecule has 5 aromatic rings. The second-order valence-electron chi connectivity index (χ2n) is 11.1. The van der Waals surface area contributed by atoms with Gasteiger partial charge in [0.1, 0.15) is 11.5 Å². The summed E-state index contributed by atoms with van der Waals surface area (Å²) in [7, 11) is 0. The lowest BCUT2D eigenvalue weighted by molar-refractivity contribution is -0.00770. The lowest BCUT2D eigenvalue weighted by Crippen LogP contribution is -2.65. The molecule has 0 radical (unpaired) electrons. The third-order valence-corrected chi connectivity index (χ3v) is 9.17. The number of rotatable bonds is 5. The number of nitrogens with zero attached hydrogens (tertiary/aromatic N) is 4. The minimum atomic E-state index is -0.202. The molecule has 3 aromatic carbocycles. The third kappa shape index (κ3) is 4.94. The lowest BCUT2D eigenvalue weighted by atomic mass is 9.97. The molecule has 0 spiro atoms. The van der Waals surface area contributed by atoms with E-state index in [9.17, 15) is 14.4 Å². The average molecular weight is 591 g/mol. The van der Waals surface area contributed by atoms with Gasteiger partial charge in [0.25, 0.3) is 11.8 Å². The predicted octanol–water partition coefficient (Wildman–Crippen LogP) is 5.25. The molecule has 9 heteroatoms. The van der Waals surface area contributed by atoms with Gasteiger partial charge in [0.15, 0.2) is 11.0 Å². The van der Waals surface area contributed by atoms with Gasteiger partial charge in [0, 0.05) is 55.3 Å². The Morgan fingerprint density at radius 2 is 1.63 bits per heavy atom. The molecule has 0 bridgehead atoms. The number of likely N-dealkylation sites (tertiary alicyclic amines) is 1. The molecule has 8 nitrogen and oxygen atoms in total. The first-order chi connectivity index (χ1) is 21.0. The first kappa shape index (κ1) is 27.2. The number of carbonyl (C=O) groups excluding carboxylic acids is 2. The van der Waals surface area contributed by atoms with Crippen molar-refractivity contribution in [2.75, 3.05) is 32.7 Å². The summed E-state index contributed by atoms with van der Waals surface area (Å²) in [6.07, 6.45) is 0. The van der Waals surface area contributed by atoms with Crippen molar-refractivity contribution < 1.29 is 14.0 Å². The second-order valence-corrected chi connectivity index (χ2v) is 11.8. The summed E-state index contributed by atoms with van der Waals surface area (Å²) in [5.74, 6) is 0.275. The number of hydrogen-bond donors (Lipinski definition) is 0. The van der Waals surface area contributed by atoms with Crippen molar-refractivity contribution in [3.8, 4) is 11.3 Å². The number of amides is 2. The Labute approximate surface area is 252 Å². The van der Waals surface area contributed by atoms with Crippen molar-refractivity contribution in [1.82, 2.24) is 19.7 Å². The third-order valence-electron chi connectivity index (χ3n) is 8.59. The lowest BCUT2D eigenvalue weighted by Gasteiger charge is -2.50. The van der Waals surface area contributed by atoms with Crippen LogP contribution in [0.3, 0.4) is 0 Å². The van der Waals surface area contributed by atoms with Gasteiger partial charge in [-0.3, -0.25) is 19.3 Å². The fourth-order valence-corrected chi connectivity index (χ4v) is 6.69. The normalized spacial score (nSPS) is 17.7. The van der Waals surface area contributed by atoms with Gasteiger partial charge in [0.05, 0.1) is 22.5 Å². The van der Waals surface area contributed by atoms with Gasteiger partial charge < -0.3 is 14.2 Å². The van der Waals surface area contributed by atoms with E-state index in [1.165, 1.54) is 11.3 Å². The maximum absolute atomic E-state index is 14.4. The van der Waals surface area contributed by atoms with Crippen LogP contribution in [0, 0.1) is 6.92 Å². The summed E-state index contributed by atoms with van der Waals surface area (Å²) in [6.45, 7) is 4.87. The van der Waals surface area contributed by atoms with Gasteiger partial charge in [-0.15, -0.1) is 11.3 Å². The monoisotopic (exact) mass is 590 g/mol. The molecule has 1 atom stereocenters. The van der Waals surface area contributed by atoms with E-state index < -0.39 is 0 Å². The Bertz CT molecular complexity index is 1850. The van der Waals surface area contributed by atoms with Crippen molar-refractivity contribution in [3.05, 3.63) is 122 Å². The molecule has 2 amide bonds. The molecule has 2 saturated heterocycles. The summed E-state index contributed by atoms with van der Waals surface area (Å²) in [5.41, 5.74) is 5.07. The zero-order valence-corrected chi connectivity index (χ0v) is 24.5. The molecule has 1 unspecified atom stereocenters. The highest BCUT2D eigenvalue weighted by Gasteiger charge is 2.41. The summed E-state index contributed by atoms with van der Waals surface area (Å²) in [4.78, 5) is 50.8. The molecule has 2 aliphatic rings. The minimum absolute atomic E-state index is 0.0338. The van der Waals surface area contributed by atoms with Gasteiger partial charge >= 0.3 is 0 Å². The number of hydrogen-bond acceptors (Lipinski definition) is 7. The highest BCUT2D eigenvalue weighted by atomic mass is 32.1. The van der Waals surface area contributed by atoms with Gasteiger partial charge in [-0.1, -0.05) is 66.7 Å². The maximum Gasteiger partial charge on any atom is 0.273 e. The van der Waals surface area contributed by atoms with Crippen molar-refractivity contribution in [3.63, 3.8) is 0 Å². The first-order valence-corrected chi connectivity index (χ1v) is 15.3. The minimum Gasteiger partial charge on any atom is -0.455 e. The number of carbonyl (C=O) groups is 2. The van der Waals surface area contributed by atoms with E-state index >= 15 is 0 Å². The van der Waals surface area contributed by atoms with E-state index in [1.807, 2.05) is 70.5 Å². The van der Waals surface area contributed by atoms with Crippen LogP contribution in [0.4, 0.5) is 0 Å². The highest BCUT2D eigenvalue weighted by Crippen LogP contribution is 2.33. The zero-order valence-electron chi connectivity index (χ0n) is 23.7. The van der Waals surface area contributed by atoms with Crippen LogP contribution in [-0.4, -0.2) is 70.3 Å². The standard InChI is InChI=1S/C34H30N4O4S/c1-22-30(39)26-13-8-14-27(32(26)42-31(22)24-11-6-3-7-12-24)33(40)38-16-15-36(19-29(38)23-9-4-2-5-10-23)25-17-37(18-25)34(41)28-20-43-21-35-28/h2-14,20-21,25,29H,15-19H2,1H3. The van der Waals surface area contributed by atoms with Gasteiger partial charge in [0.2, 0.25) is 0 Å². The van der Waals surface area contributed by atoms with E-state index in [1.54, 1.807) is 36.0 Å². The molecular formula is C34H30N4O4S. The van der Waals surface area contributed by atoms with Crippen molar-refractivity contribution in [2.24, 2.45) is 0 Å². The van der Waals surface area contributed by atoms with Crippen LogP contribution in [0.25, 0.3) is 22.3 Å². The fourth-order valence-electron chi connectivity index (χ4n) is 6.17. The predicted molar refractivity (Wildman–Crippen MR) is 166 cm³/mol. The largest absolute Gasteiger partial charge is 0.455 e. The molecule has 43 heavy (non-hydrogen) atoms. The average Bonchev–Trinajstić information content (AvgIpc) is 3.58. The number of benzene rings is 3. The molecule has 2 fully saturated rings. The SMILES string of the molecule is Cc1c(-c2ccccc2)oc2c(C(=O)N3CCN(C4CN(C(=O)c5cscn5)C4)CC3c3ccccc3)cccc2c1=O. The number of para-hydroxylation sites is 1. The smallest absolute Gasteiger partial charge is 0.273 e. The van der Waals surface area contributed by atoms with Gasteiger partial charge in [-0.2, -0.15) is 0 Å². The summed E-state index contributed by atoms with van der Waals surface area (Å²) >= 11 is 1.42. The molecule has 0 saturated carbocycles. The van der Waals surface area contributed by atoms with Gasteiger partial charge in [-0.25, -0.2) is 4.98 Å². The van der Waals surface area contributed by atoms with E-state index in [4.69, 9.17) is 4.42 Å². The Kier molecular flexibility index (Phi) is 7.12. The molecular weight excluding hydrogens is 560 g/mol. The molecule has 2 aromatic heterocycles. The van der Waals surface area contributed by atoms with Crippen LogP contribution in [0.5, 0.6) is 0 Å². The van der Waals surface area contributed by atoms with E-state index in [0.717, 1.165) is 11.1 Å². The summed E-state index contributed by atoms with van der Waals surface area (Å²) in [6, 6.07) is 24.8. The topological polar surface area (TPSA) is 87.0 Å². The first-order valence-electron chi connectivity index (χ1n) is 14.4. The Morgan fingerprint density at radius 3 is 2.35 bits per heavy atom. The molecule has 2 aliphatic heterocycles. The van der Waals surface area contributed by atoms with E-state index in [0.29, 0.717) is 66.3 Å². The quantitative estimate of drug-likeness (QED) is 0.278. The van der Waals surface area contributed by atoms with Crippen molar-refractivity contribution in [2.45, 2.75) is 19.0 Å². The van der Waals surface area contributed by atoms with Crippen molar-refractivity contribution >= 4 is 34.1 Å². The van der Waals surface area contributed by atoms with Crippen LogP contribution >= 0.6 is 11.3 Å². The molecule has 216 valence electrons. The highest BCUT2D eigenvalue weighted by molar-refractivity contribution is 7.07. The van der Waals surface area contributed by atoms with Crippen LogP contribution in [-0.2, 0) is 0 Å². The molecule has 4 heterocycles. The fraction of sp³-hybridized carbons (Fsp3) is 0.235. The molecule has 7 rings (SSSR count). The number of piperazine rings is 1. The van der Waals surface area contributed by atoms with Crippen LogP contribution in [0.2, 0.25) is 0 Å². The van der Waals surface area contributed by atoms with Gasteiger partial charge in [-0.05, 0) is 24.6 Å². The summed E-state index contributed by atoms with van der Waals surface area (Å²) in [5, 5.41) is 2.18. The second kappa shape index (κ2) is 11.2. The Hall–Kier alpha value is -4.60. The Balaban J connectivity index is 1.19. The van der Waals surface area contributed by atoms with Crippen LogP contribution in [0.15, 0.2) is 99.0 Å². The van der Waals surface area contributed by atoms with E-state index in [-0.39, 0.29) is 29.3 Å². The number of fused-ring (bicyclic) bond motifs is 1. The molecule has 0 aliphatic carbocycles. The van der Waals surface area contributed by atoms with E-state index in [2.05, 4.69) is 9.88 Å². The maximum atomic E-state index is 14.4. The number of thiazole rings is 1. The Morgan fingerprint density at radius 1 is 0.884 bits per heavy atom. The summed E-state index contributed by atoms with van der Waals surface area (Å²) < 4.78 is 6.39. The molecule has 0 N–H and O–H groups in total. The number of aromatic nitrogens is 1.